The molecule has 2 aromatic rings. The molecule has 0 spiro atoms. The van der Waals surface area contributed by atoms with E-state index in [1.807, 2.05) is 36.4 Å². The van der Waals surface area contributed by atoms with Crippen molar-refractivity contribution >= 4 is 22.7 Å². The number of nitrogens with one attached hydrogen (secondary N) is 1. The van der Waals surface area contributed by atoms with E-state index >= 15 is 0 Å². The maximum absolute atomic E-state index is 12.3. The van der Waals surface area contributed by atoms with E-state index in [0.717, 1.165) is 16.6 Å². The largest absolute Gasteiger partial charge is 0.391 e. The molecule has 0 unspecified atom stereocenters. The summed E-state index contributed by atoms with van der Waals surface area (Å²) in [6, 6.07) is 11.9. The van der Waals surface area contributed by atoms with Crippen LogP contribution in [0.5, 0.6) is 0 Å². The molecule has 26 heavy (non-hydrogen) atoms. The summed E-state index contributed by atoms with van der Waals surface area (Å²) < 4.78 is 0. The average molecular weight is 355 g/mol. The van der Waals surface area contributed by atoms with E-state index in [2.05, 4.69) is 10.3 Å². The number of pyridine rings is 1. The topological polar surface area (TPSA) is 82.5 Å². The van der Waals surface area contributed by atoms with Crippen LogP contribution in [0.3, 0.4) is 0 Å². The van der Waals surface area contributed by atoms with Gasteiger partial charge in [-0.25, -0.2) is 0 Å². The summed E-state index contributed by atoms with van der Waals surface area (Å²) in [4.78, 5) is 30.1. The number of aliphatic hydroxyl groups is 1. The minimum absolute atomic E-state index is 0.0231. The monoisotopic (exact) mass is 355 g/mol. The number of β-amino-alcohol motifs (C(OH)–C–C–N with tert-alkyl or cyclic N) is 1. The number of fused-ring (bicyclic) bond motifs is 1. The van der Waals surface area contributed by atoms with Crippen LogP contribution in [0.2, 0.25) is 0 Å². The summed E-state index contributed by atoms with van der Waals surface area (Å²) in [5, 5.41) is 14.1. The number of nitrogens with zero attached hydrogens (tertiary/aromatic N) is 2. The maximum Gasteiger partial charge on any atom is 0.242 e. The number of aromatic nitrogens is 1. The molecule has 2 atom stereocenters. The number of aliphatic hydroxyl groups excluding tert-OH is 1. The van der Waals surface area contributed by atoms with Crippen molar-refractivity contribution in [2.75, 3.05) is 19.6 Å². The first-order valence-corrected chi connectivity index (χ1v) is 9.02. The third-order valence-corrected chi connectivity index (χ3v) is 4.82. The summed E-state index contributed by atoms with van der Waals surface area (Å²) >= 11 is 0. The average Bonchev–Trinajstić information content (AvgIpc) is 2.99. The van der Waals surface area contributed by atoms with E-state index in [1.54, 1.807) is 18.7 Å². The number of para-hydroxylation sites is 1. The van der Waals surface area contributed by atoms with Gasteiger partial charge in [-0.2, -0.15) is 0 Å². The minimum Gasteiger partial charge on any atom is -0.391 e. The SMILES string of the molecule is CC(C)C(=O)NCC(=O)N1C[C@@H](Cc2ccc3ccccc3n2)[C@H](O)C1. The summed E-state index contributed by atoms with van der Waals surface area (Å²) in [5.41, 5.74) is 1.84. The highest BCUT2D eigenvalue weighted by Gasteiger charge is 2.34. The van der Waals surface area contributed by atoms with Crippen molar-refractivity contribution in [1.29, 1.82) is 0 Å². The molecule has 0 radical (unpaired) electrons. The fraction of sp³-hybridized carbons (Fsp3) is 0.450. The molecule has 0 bridgehead atoms. The van der Waals surface area contributed by atoms with Crippen molar-refractivity contribution in [3.8, 4) is 0 Å². The van der Waals surface area contributed by atoms with Crippen LogP contribution in [-0.4, -0.2) is 52.5 Å². The highest BCUT2D eigenvalue weighted by Crippen LogP contribution is 2.22. The Hall–Kier alpha value is -2.47. The van der Waals surface area contributed by atoms with E-state index in [4.69, 9.17) is 0 Å². The Labute approximate surface area is 153 Å². The summed E-state index contributed by atoms with van der Waals surface area (Å²) in [6.07, 6.45) is 0.0433. The fourth-order valence-electron chi connectivity index (χ4n) is 3.23. The second kappa shape index (κ2) is 7.83. The standard InChI is InChI=1S/C20H25N3O3/c1-13(2)20(26)21-10-19(25)23-11-15(18(24)12-23)9-16-8-7-14-5-3-4-6-17(14)22-16/h3-8,13,15,18,24H,9-12H2,1-2H3,(H,21,26)/t15-,18-/m1/s1. The van der Waals surface area contributed by atoms with Crippen molar-refractivity contribution in [3.63, 3.8) is 0 Å². The Morgan fingerprint density at radius 3 is 2.77 bits per heavy atom. The van der Waals surface area contributed by atoms with E-state index in [0.29, 0.717) is 19.5 Å². The Kier molecular flexibility index (Phi) is 5.52. The summed E-state index contributed by atoms with van der Waals surface area (Å²) in [7, 11) is 0. The van der Waals surface area contributed by atoms with Crippen LogP contribution in [0.4, 0.5) is 0 Å². The van der Waals surface area contributed by atoms with Crippen LogP contribution in [0.15, 0.2) is 36.4 Å². The molecule has 2 amide bonds. The van der Waals surface area contributed by atoms with E-state index < -0.39 is 6.10 Å². The van der Waals surface area contributed by atoms with Crippen LogP contribution in [0, 0.1) is 11.8 Å². The van der Waals surface area contributed by atoms with Crippen LogP contribution in [0.1, 0.15) is 19.5 Å². The molecule has 1 saturated heterocycles. The summed E-state index contributed by atoms with van der Waals surface area (Å²) in [5.74, 6) is -0.505. The Balaban J connectivity index is 1.59. The smallest absolute Gasteiger partial charge is 0.242 e. The predicted octanol–water partition coefficient (Wildman–Crippen LogP) is 1.37. The van der Waals surface area contributed by atoms with E-state index in [1.165, 1.54) is 0 Å². The van der Waals surface area contributed by atoms with Gasteiger partial charge in [-0.3, -0.25) is 14.6 Å². The maximum atomic E-state index is 12.3. The third-order valence-electron chi connectivity index (χ3n) is 4.82. The number of hydrogen-bond donors (Lipinski definition) is 2. The highest BCUT2D eigenvalue weighted by atomic mass is 16.3. The van der Waals surface area contributed by atoms with Crippen molar-refractivity contribution in [1.82, 2.24) is 15.2 Å². The molecule has 6 nitrogen and oxygen atoms in total. The number of carbonyl (C=O) groups is 2. The molecule has 1 aromatic carbocycles. The van der Waals surface area contributed by atoms with Crippen molar-refractivity contribution in [3.05, 3.63) is 42.1 Å². The highest BCUT2D eigenvalue weighted by molar-refractivity contribution is 5.85. The van der Waals surface area contributed by atoms with Crippen molar-refractivity contribution in [2.24, 2.45) is 11.8 Å². The van der Waals surface area contributed by atoms with Gasteiger partial charge in [0.15, 0.2) is 0 Å². The van der Waals surface area contributed by atoms with Crippen molar-refractivity contribution < 1.29 is 14.7 Å². The molecule has 0 saturated carbocycles. The zero-order valence-electron chi connectivity index (χ0n) is 15.2. The Morgan fingerprint density at radius 1 is 1.23 bits per heavy atom. The van der Waals surface area contributed by atoms with Crippen LogP contribution < -0.4 is 5.32 Å². The molecule has 1 aromatic heterocycles. The quantitative estimate of drug-likeness (QED) is 0.849. The molecule has 2 heterocycles. The number of rotatable bonds is 5. The van der Waals surface area contributed by atoms with Gasteiger partial charge in [0.1, 0.15) is 0 Å². The number of carbonyl (C=O) groups excluding carboxylic acids is 2. The first-order chi connectivity index (χ1) is 12.4. The lowest BCUT2D eigenvalue weighted by atomic mass is 9.99. The normalized spacial score (nSPS) is 19.9. The fourth-order valence-corrected chi connectivity index (χ4v) is 3.23. The van der Waals surface area contributed by atoms with Gasteiger partial charge in [-0.05, 0) is 18.6 Å². The first-order valence-electron chi connectivity index (χ1n) is 9.02. The van der Waals surface area contributed by atoms with Gasteiger partial charge in [0.25, 0.3) is 0 Å². The second-order valence-corrected chi connectivity index (χ2v) is 7.20. The predicted molar refractivity (Wildman–Crippen MR) is 99.4 cm³/mol. The Morgan fingerprint density at radius 2 is 2.00 bits per heavy atom. The molecular weight excluding hydrogens is 330 g/mol. The molecule has 1 aliphatic rings. The van der Waals surface area contributed by atoms with Gasteiger partial charge in [-0.15, -0.1) is 0 Å². The minimum atomic E-state index is -0.576. The van der Waals surface area contributed by atoms with Crippen LogP contribution in [0.25, 0.3) is 10.9 Å². The lowest BCUT2D eigenvalue weighted by Crippen LogP contribution is -2.40. The van der Waals surface area contributed by atoms with Gasteiger partial charge >= 0.3 is 0 Å². The molecular formula is C20H25N3O3. The van der Waals surface area contributed by atoms with Gasteiger partial charge < -0.3 is 15.3 Å². The van der Waals surface area contributed by atoms with Gasteiger partial charge in [0, 0.05) is 36.0 Å². The zero-order chi connectivity index (χ0) is 18.7. The Bertz CT molecular complexity index is 806. The number of benzene rings is 1. The van der Waals surface area contributed by atoms with Crippen LogP contribution >= 0.6 is 0 Å². The molecule has 138 valence electrons. The lowest BCUT2D eigenvalue weighted by Gasteiger charge is -2.17. The number of likely N-dealkylation sites (tertiary alicyclic amines) is 1. The molecule has 0 aliphatic carbocycles. The molecule has 1 fully saturated rings. The summed E-state index contributed by atoms with van der Waals surface area (Å²) in [6.45, 7) is 4.32. The van der Waals surface area contributed by atoms with E-state index in [-0.39, 0.29) is 30.2 Å². The lowest BCUT2D eigenvalue weighted by molar-refractivity contribution is -0.133. The zero-order valence-corrected chi connectivity index (χ0v) is 15.2. The molecule has 6 heteroatoms. The number of amides is 2. The molecule has 3 rings (SSSR count). The van der Waals surface area contributed by atoms with E-state index in [9.17, 15) is 14.7 Å². The second-order valence-electron chi connectivity index (χ2n) is 7.20. The van der Waals surface area contributed by atoms with Gasteiger partial charge in [-0.1, -0.05) is 38.1 Å². The van der Waals surface area contributed by atoms with Crippen LogP contribution in [-0.2, 0) is 16.0 Å². The molecule has 2 N–H and O–H groups in total. The number of hydrogen-bond acceptors (Lipinski definition) is 4. The first kappa shape index (κ1) is 18.3. The van der Waals surface area contributed by atoms with Gasteiger partial charge in [0.2, 0.25) is 11.8 Å². The van der Waals surface area contributed by atoms with Gasteiger partial charge in [0.05, 0.1) is 18.2 Å². The third kappa shape index (κ3) is 4.19. The molecule has 1 aliphatic heterocycles. The van der Waals surface area contributed by atoms with Crippen molar-refractivity contribution in [2.45, 2.75) is 26.4 Å².